The number of aromatic nitrogens is 3. The van der Waals surface area contributed by atoms with Crippen molar-refractivity contribution in [1.29, 1.82) is 0 Å². The quantitative estimate of drug-likeness (QED) is 0.259. The number of carboxylic acid groups (broad SMARTS) is 1. The van der Waals surface area contributed by atoms with Crippen LogP contribution < -0.4 is 5.32 Å². The lowest BCUT2D eigenvalue weighted by Crippen LogP contribution is -2.53. The van der Waals surface area contributed by atoms with Crippen molar-refractivity contribution >= 4 is 17.8 Å². The van der Waals surface area contributed by atoms with E-state index in [0.717, 1.165) is 0 Å². The number of benzene rings is 2. The fraction of sp³-hybridized carbons (Fsp3) is 0.286. The number of aliphatic hydroxyl groups is 1. The Kier molecular flexibility index (Phi) is 8.00. The SMILES string of the molecule is Cc1cc([C@@H](O)C(=O)NCCC(=O)N2CC(C(=O)O)C2)ccc1-c1noc(-c2onc(-c3ccccc3)c2C(F)(F)F)n1. The smallest absolute Gasteiger partial charge is 0.422 e. The van der Waals surface area contributed by atoms with Gasteiger partial charge in [-0.3, -0.25) is 14.4 Å². The number of nitrogens with zero attached hydrogens (tertiary/aromatic N) is 4. The highest BCUT2D eigenvalue weighted by atomic mass is 19.4. The van der Waals surface area contributed by atoms with E-state index in [0.29, 0.717) is 11.1 Å². The fourth-order valence-corrected chi connectivity index (χ4v) is 4.56. The second-order valence-corrected chi connectivity index (χ2v) is 9.87. The molecule has 224 valence electrons. The molecule has 1 atom stereocenters. The highest BCUT2D eigenvalue weighted by Crippen LogP contribution is 2.43. The van der Waals surface area contributed by atoms with Crippen molar-refractivity contribution in [3.63, 3.8) is 0 Å². The fourth-order valence-electron chi connectivity index (χ4n) is 4.56. The summed E-state index contributed by atoms with van der Waals surface area (Å²) in [6.07, 6.45) is -6.48. The lowest BCUT2D eigenvalue weighted by molar-refractivity contribution is -0.152. The van der Waals surface area contributed by atoms with Crippen molar-refractivity contribution < 1.29 is 46.8 Å². The largest absolute Gasteiger partial charge is 0.481 e. The van der Waals surface area contributed by atoms with Gasteiger partial charge in [0.05, 0.1) is 5.92 Å². The molecule has 2 amide bonds. The van der Waals surface area contributed by atoms with E-state index >= 15 is 0 Å². The Morgan fingerprint density at radius 3 is 2.47 bits per heavy atom. The summed E-state index contributed by atoms with van der Waals surface area (Å²) in [4.78, 5) is 40.9. The molecule has 0 unspecified atom stereocenters. The number of aliphatic hydroxyl groups excluding tert-OH is 1. The average molecular weight is 600 g/mol. The molecule has 15 heteroatoms. The molecular weight excluding hydrogens is 575 g/mol. The van der Waals surface area contributed by atoms with E-state index < -0.39 is 53.0 Å². The van der Waals surface area contributed by atoms with Crippen molar-refractivity contribution in [3.05, 3.63) is 65.2 Å². The molecule has 0 spiro atoms. The summed E-state index contributed by atoms with van der Waals surface area (Å²) in [7, 11) is 0. The zero-order chi connectivity index (χ0) is 30.9. The van der Waals surface area contributed by atoms with Crippen molar-refractivity contribution in [2.24, 2.45) is 5.92 Å². The van der Waals surface area contributed by atoms with Crippen LogP contribution in [0.15, 0.2) is 57.6 Å². The minimum atomic E-state index is -4.84. The van der Waals surface area contributed by atoms with Crippen LogP contribution in [-0.2, 0) is 20.6 Å². The Balaban J connectivity index is 1.26. The Morgan fingerprint density at radius 1 is 1.09 bits per heavy atom. The average Bonchev–Trinajstić information content (AvgIpc) is 3.60. The van der Waals surface area contributed by atoms with E-state index in [9.17, 15) is 32.7 Å². The maximum atomic E-state index is 14.0. The molecule has 43 heavy (non-hydrogen) atoms. The number of carbonyl (C=O) groups is 3. The van der Waals surface area contributed by atoms with Gasteiger partial charge in [0.2, 0.25) is 17.5 Å². The maximum Gasteiger partial charge on any atom is 0.422 e. The molecule has 2 aromatic heterocycles. The molecule has 0 aliphatic carbocycles. The number of alkyl halides is 3. The molecular formula is C28H24F3N5O7. The van der Waals surface area contributed by atoms with Gasteiger partial charge < -0.3 is 29.5 Å². The van der Waals surface area contributed by atoms with Gasteiger partial charge in [0.15, 0.2) is 6.10 Å². The number of aryl methyl sites for hydroxylation is 1. The Labute approximate surface area is 241 Å². The van der Waals surface area contributed by atoms with Gasteiger partial charge in [0, 0.05) is 37.2 Å². The number of amides is 2. The normalized spacial score (nSPS) is 14.3. The number of hydrogen-bond donors (Lipinski definition) is 3. The number of likely N-dealkylation sites (tertiary alicyclic amines) is 1. The molecule has 1 aliphatic rings. The second-order valence-electron chi connectivity index (χ2n) is 9.87. The van der Waals surface area contributed by atoms with E-state index in [1.807, 2.05) is 0 Å². The van der Waals surface area contributed by atoms with Crippen molar-refractivity contribution in [3.8, 4) is 34.3 Å². The van der Waals surface area contributed by atoms with Gasteiger partial charge in [-0.2, -0.15) is 18.2 Å². The number of nitrogens with one attached hydrogen (secondary N) is 1. The first-order valence-corrected chi connectivity index (χ1v) is 13.0. The zero-order valence-corrected chi connectivity index (χ0v) is 22.5. The summed E-state index contributed by atoms with van der Waals surface area (Å²) in [5.41, 5.74) is -0.338. The first-order chi connectivity index (χ1) is 20.4. The van der Waals surface area contributed by atoms with Gasteiger partial charge >= 0.3 is 12.1 Å². The molecule has 4 aromatic rings. The molecule has 1 saturated heterocycles. The van der Waals surface area contributed by atoms with Gasteiger partial charge in [-0.25, -0.2) is 0 Å². The third-order valence-corrected chi connectivity index (χ3v) is 6.92. The molecule has 3 heterocycles. The number of aliphatic carboxylic acids is 1. The minimum Gasteiger partial charge on any atom is -0.481 e. The zero-order valence-electron chi connectivity index (χ0n) is 22.5. The van der Waals surface area contributed by atoms with E-state index in [2.05, 4.69) is 20.6 Å². The number of carbonyl (C=O) groups excluding carboxylic acids is 2. The van der Waals surface area contributed by atoms with Crippen LogP contribution in [0.2, 0.25) is 0 Å². The Hall–Kier alpha value is -5.05. The molecule has 1 fully saturated rings. The van der Waals surface area contributed by atoms with Gasteiger partial charge in [-0.05, 0) is 18.1 Å². The first-order valence-electron chi connectivity index (χ1n) is 13.0. The predicted octanol–water partition coefficient (Wildman–Crippen LogP) is 3.47. The summed E-state index contributed by atoms with van der Waals surface area (Å²) in [5.74, 6) is -3.95. The third kappa shape index (κ3) is 6.11. The maximum absolute atomic E-state index is 14.0. The molecule has 3 N–H and O–H groups in total. The van der Waals surface area contributed by atoms with E-state index in [1.54, 1.807) is 25.1 Å². The molecule has 12 nitrogen and oxygen atoms in total. The third-order valence-electron chi connectivity index (χ3n) is 6.92. The van der Waals surface area contributed by atoms with Crippen LogP contribution in [0, 0.1) is 12.8 Å². The minimum absolute atomic E-state index is 0.0563. The molecule has 1 aliphatic heterocycles. The first kappa shape index (κ1) is 29.4. The second kappa shape index (κ2) is 11.7. The van der Waals surface area contributed by atoms with Crippen LogP contribution in [0.1, 0.15) is 29.2 Å². The summed E-state index contributed by atoms with van der Waals surface area (Å²) < 4.78 is 52.2. The summed E-state index contributed by atoms with van der Waals surface area (Å²) in [6.45, 7) is 1.81. The highest BCUT2D eigenvalue weighted by molar-refractivity contribution is 5.84. The van der Waals surface area contributed by atoms with Crippen molar-refractivity contribution in [2.45, 2.75) is 25.6 Å². The van der Waals surface area contributed by atoms with E-state index in [1.165, 1.54) is 35.2 Å². The number of rotatable bonds is 9. The number of carboxylic acids is 1. The summed E-state index contributed by atoms with van der Waals surface area (Å²) >= 11 is 0. The monoisotopic (exact) mass is 599 g/mol. The van der Waals surface area contributed by atoms with Gasteiger partial charge in [0.1, 0.15) is 11.3 Å². The standard InChI is InChI=1S/C28H24F3N5O7/c1-14-11-16(22(38)25(39)32-10-9-19(37)36-12-17(13-36)27(40)41)7-8-18(14)24-33-26(43-35-24)23-20(28(29,30)31)21(34-42-23)15-5-3-2-4-6-15/h2-8,11,17,22,38H,9-10,12-13H2,1H3,(H,32,39)(H,40,41)/t22-/m1/s1. The highest BCUT2D eigenvalue weighted by Gasteiger charge is 2.43. The number of halogens is 3. The van der Waals surface area contributed by atoms with Gasteiger partial charge in [-0.15, -0.1) is 0 Å². The topological polar surface area (TPSA) is 172 Å². The molecule has 5 rings (SSSR count). The van der Waals surface area contributed by atoms with Crippen LogP contribution in [0.5, 0.6) is 0 Å². The Bertz CT molecular complexity index is 1660. The molecule has 0 bridgehead atoms. The van der Waals surface area contributed by atoms with Crippen LogP contribution in [-0.4, -0.2) is 67.8 Å². The van der Waals surface area contributed by atoms with E-state index in [-0.39, 0.29) is 48.9 Å². The van der Waals surface area contributed by atoms with Crippen LogP contribution in [0.4, 0.5) is 13.2 Å². The van der Waals surface area contributed by atoms with Crippen molar-refractivity contribution in [2.75, 3.05) is 19.6 Å². The van der Waals surface area contributed by atoms with Crippen LogP contribution in [0.3, 0.4) is 0 Å². The van der Waals surface area contributed by atoms with Gasteiger partial charge in [-0.1, -0.05) is 58.8 Å². The lowest BCUT2D eigenvalue weighted by atomic mass is 10.00. The van der Waals surface area contributed by atoms with Crippen molar-refractivity contribution in [1.82, 2.24) is 25.5 Å². The van der Waals surface area contributed by atoms with E-state index in [4.69, 9.17) is 14.2 Å². The Morgan fingerprint density at radius 2 is 1.81 bits per heavy atom. The summed E-state index contributed by atoms with van der Waals surface area (Å²) in [6, 6.07) is 12.1. The van der Waals surface area contributed by atoms with Crippen LogP contribution in [0.25, 0.3) is 34.3 Å². The summed E-state index contributed by atoms with van der Waals surface area (Å²) in [5, 5.41) is 29.3. The molecule has 2 aromatic carbocycles. The molecule has 0 radical (unpaired) electrons. The van der Waals surface area contributed by atoms with Crippen LogP contribution >= 0.6 is 0 Å². The molecule has 0 saturated carbocycles. The lowest BCUT2D eigenvalue weighted by Gasteiger charge is -2.36. The van der Waals surface area contributed by atoms with Gasteiger partial charge in [0.25, 0.3) is 11.8 Å². The predicted molar refractivity (Wildman–Crippen MR) is 141 cm³/mol. The number of hydrogen-bond acceptors (Lipinski definition) is 9.